The summed E-state index contributed by atoms with van der Waals surface area (Å²) in [4.78, 5) is 17.1. The molecule has 6 heteroatoms. The summed E-state index contributed by atoms with van der Waals surface area (Å²) < 4.78 is 12.3. The van der Waals surface area contributed by atoms with Gasteiger partial charge in [-0.1, -0.05) is 28.1 Å². The number of nitrogens with one attached hydrogen (secondary N) is 1. The minimum Gasteiger partial charge on any atom is -0.494 e. The first-order valence-corrected chi connectivity index (χ1v) is 10.8. The van der Waals surface area contributed by atoms with Crippen LogP contribution in [0.15, 0.2) is 71.3 Å². The summed E-state index contributed by atoms with van der Waals surface area (Å²) in [7, 11) is 0. The van der Waals surface area contributed by atoms with Gasteiger partial charge in [0.2, 0.25) is 11.8 Å². The first kappa shape index (κ1) is 20.4. The van der Waals surface area contributed by atoms with E-state index in [1.54, 1.807) is 6.20 Å². The van der Waals surface area contributed by atoms with Gasteiger partial charge in [-0.25, -0.2) is 4.98 Å². The quantitative estimate of drug-likeness (QED) is 0.483. The number of halogens is 1. The average Bonchev–Trinajstić information content (AvgIpc) is 3.57. The molecule has 1 N–H and O–H groups in total. The van der Waals surface area contributed by atoms with Crippen LogP contribution >= 0.6 is 15.9 Å². The molecule has 0 bridgehead atoms. The molecule has 3 aromatic rings. The summed E-state index contributed by atoms with van der Waals surface area (Å²) in [5.74, 6) is 2.03. The molecule has 2 aromatic carbocycles. The fourth-order valence-corrected chi connectivity index (χ4v) is 3.66. The Labute approximate surface area is 184 Å². The van der Waals surface area contributed by atoms with Crippen LogP contribution in [-0.4, -0.2) is 17.5 Å². The molecule has 0 spiro atoms. The van der Waals surface area contributed by atoms with E-state index in [0.29, 0.717) is 24.8 Å². The van der Waals surface area contributed by atoms with Crippen molar-refractivity contribution in [3.63, 3.8) is 0 Å². The zero-order valence-electron chi connectivity index (χ0n) is 16.7. The second-order valence-corrected chi connectivity index (χ2v) is 8.20. The summed E-state index contributed by atoms with van der Waals surface area (Å²) >= 11 is 3.45. The Kier molecular flexibility index (Phi) is 6.04. The second-order valence-electron chi connectivity index (χ2n) is 7.28. The minimum atomic E-state index is -0.393. The van der Waals surface area contributed by atoms with Gasteiger partial charge in [0, 0.05) is 23.3 Å². The highest BCUT2D eigenvalue weighted by Crippen LogP contribution is 2.48. The molecule has 4 rings (SSSR count). The van der Waals surface area contributed by atoms with Gasteiger partial charge in [-0.2, -0.15) is 0 Å². The van der Waals surface area contributed by atoms with Gasteiger partial charge in [-0.05, 0) is 73.4 Å². The first-order chi connectivity index (χ1) is 14.6. The second kappa shape index (κ2) is 8.88. The maximum Gasteiger partial charge on any atom is 0.230 e. The first-order valence-electron chi connectivity index (χ1n) is 9.99. The number of carbonyl (C=O) groups excluding carboxylic acids is 1. The highest BCUT2D eigenvalue weighted by molar-refractivity contribution is 9.10. The fourth-order valence-electron chi connectivity index (χ4n) is 3.40. The number of amides is 1. The lowest BCUT2D eigenvalue weighted by Crippen LogP contribution is -2.34. The van der Waals surface area contributed by atoms with Gasteiger partial charge < -0.3 is 14.8 Å². The normalized spacial score (nSPS) is 14.1. The fraction of sp³-hybridized carbons (Fsp3) is 0.250. The van der Waals surface area contributed by atoms with Gasteiger partial charge in [0.25, 0.3) is 0 Å². The zero-order valence-corrected chi connectivity index (χ0v) is 18.3. The summed E-state index contributed by atoms with van der Waals surface area (Å²) in [6.07, 6.45) is 3.44. The van der Waals surface area contributed by atoms with E-state index in [1.165, 1.54) is 0 Å². The molecule has 1 heterocycles. The number of carbonyl (C=O) groups is 1. The Morgan fingerprint density at radius 1 is 1.07 bits per heavy atom. The van der Waals surface area contributed by atoms with Gasteiger partial charge in [-0.15, -0.1) is 0 Å². The number of ether oxygens (including phenoxy) is 2. The lowest BCUT2D eigenvalue weighted by Gasteiger charge is -2.16. The third kappa shape index (κ3) is 4.65. The van der Waals surface area contributed by atoms with E-state index in [0.717, 1.165) is 34.2 Å². The van der Waals surface area contributed by atoms with Crippen LogP contribution in [0.25, 0.3) is 0 Å². The molecule has 1 fully saturated rings. The monoisotopic (exact) mass is 466 g/mol. The van der Waals surface area contributed by atoms with E-state index < -0.39 is 5.41 Å². The third-order valence-corrected chi connectivity index (χ3v) is 5.72. The van der Waals surface area contributed by atoms with Crippen molar-refractivity contribution >= 4 is 21.8 Å². The highest BCUT2D eigenvalue weighted by Gasteiger charge is 2.51. The molecule has 0 unspecified atom stereocenters. The van der Waals surface area contributed by atoms with Crippen LogP contribution in [0.3, 0.4) is 0 Å². The SMILES string of the molecule is CCOc1ccc(Oc2cc(CNC(=O)C3(c4ccc(Br)cc4)CC3)ccn2)cc1. The van der Waals surface area contributed by atoms with Crippen LogP contribution in [0, 0.1) is 0 Å². The van der Waals surface area contributed by atoms with Crippen LogP contribution in [0.5, 0.6) is 17.4 Å². The van der Waals surface area contributed by atoms with Crippen LogP contribution in [0.1, 0.15) is 30.9 Å². The standard InChI is InChI=1S/C24H23BrN2O3/c1-2-29-20-7-9-21(10-8-20)30-22-15-17(11-14-26-22)16-27-23(28)24(12-13-24)18-3-5-19(25)6-4-18/h3-11,14-15H,2,12-13,16H2,1H3,(H,27,28). The zero-order chi connectivity index (χ0) is 21.0. The van der Waals surface area contributed by atoms with Crippen molar-refractivity contribution in [2.45, 2.75) is 31.7 Å². The van der Waals surface area contributed by atoms with E-state index in [4.69, 9.17) is 9.47 Å². The molecule has 1 saturated carbocycles. The number of aromatic nitrogens is 1. The molecule has 5 nitrogen and oxygen atoms in total. The van der Waals surface area contributed by atoms with Crippen molar-refractivity contribution in [2.24, 2.45) is 0 Å². The predicted octanol–water partition coefficient (Wildman–Crippen LogP) is 5.38. The molecule has 30 heavy (non-hydrogen) atoms. The van der Waals surface area contributed by atoms with Gasteiger partial charge in [0.05, 0.1) is 12.0 Å². The molecular formula is C24H23BrN2O3. The van der Waals surface area contributed by atoms with Crippen molar-refractivity contribution in [3.8, 4) is 17.4 Å². The molecule has 1 amide bonds. The molecule has 0 atom stereocenters. The molecule has 0 aliphatic heterocycles. The average molecular weight is 467 g/mol. The maximum atomic E-state index is 12.9. The molecule has 0 saturated heterocycles. The van der Waals surface area contributed by atoms with Crippen molar-refractivity contribution in [2.75, 3.05) is 6.61 Å². The molecule has 0 radical (unpaired) electrons. The summed E-state index contributed by atoms with van der Waals surface area (Å²) in [5.41, 5.74) is 1.61. The van der Waals surface area contributed by atoms with Crippen molar-refractivity contribution in [1.82, 2.24) is 10.3 Å². The number of nitrogens with zero attached hydrogens (tertiary/aromatic N) is 1. The molecule has 1 aliphatic rings. The minimum absolute atomic E-state index is 0.0654. The van der Waals surface area contributed by atoms with Gasteiger partial charge in [0.15, 0.2) is 0 Å². The van der Waals surface area contributed by atoms with E-state index in [1.807, 2.05) is 67.6 Å². The van der Waals surface area contributed by atoms with Crippen LogP contribution in [0.4, 0.5) is 0 Å². The molecule has 1 aliphatic carbocycles. The Hall–Kier alpha value is -2.86. The topological polar surface area (TPSA) is 60.5 Å². The third-order valence-electron chi connectivity index (χ3n) is 5.19. The number of rotatable bonds is 8. The van der Waals surface area contributed by atoms with Crippen molar-refractivity contribution in [3.05, 3.63) is 82.5 Å². The Morgan fingerprint density at radius 3 is 2.43 bits per heavy atom. The Morgan fingerprint density at radius 2 is 1.77 bits per heavy atom. The van der Waals surface area contributed by atoms with E-state index >= 15 is 0 Å². The van der Waals surface area contributed by atoms with E-state index in [-0.39, 0.29) is 5.91 Å². The largest absolute Gasteiger partial charge is 0.494 e. The Bertz CT molecular complexity index is 1020. The van der Waals surface area contributed by atoms with Crippen LogP contribution < -0.4 is 14.8 Å². The van der Waals surface area contributed by atoms with Crippen molar-refractivity contribution in [1.29, 1.82) is 0 Å². The molecule has 1 aromatic heterocycles. The van der Waals surface area contributed by atoms with Gasteiger partial charge in [0.1, 0.15) is 11.5 Å². The summed E-state index contributed by atoms with van der Waals surface area (Å²) in [6.45, 7) is 3.00. The van der Waals surface area contributed by atoms with E-state index in [2.05, 4.69) is 26.2 Å². The highest BCUT2D eigenvalue weighted by atomic mass is 79.9. The van der Waals surface area contributed by atoms with Crippen molar-refractivity contribution < 1.29 is 14.3 Å². The predicted molar refractivity (Wildman–Crippen MR) is 119 cm³/mol. The van der Waals surface area contributed by atoms with E-state index in [9.17, 15) is 4.79 Å². The smallest absolute Gasteiger partial charge is 0.230 e. The summed E-state index contributed by atoms with van der Waals surface area (Å²) in [6, 6.07) is 19.1. The summed E-state index contributed by atoms with van der Waals surface area (Å²) in [5, 5.41) is 3.08. The molecular weight excluding hydrogens is 444 g/mol. The number of hydrogen-bond acceptors (Lipinski definition) is 4. The molecule has 154 valence electrons. The number of pyridine rings is 1. The Balaban J connectivity index is 1.37. The van der Waals surface area contributed by atoms with Crippen LogP contribution in [0.2, 0.25) is 0 Å². The lowest BCUT2D eigenvalue weighted by molar-refractivity contribution is -0.123. The van der Waals surface area contributed by atoms with Gasteiger partial charge >= 0.3 is 0 Å². The lowest BCUT2D eigenvalue weighted by atomic mass is 9.95. The van der Waals surface area contributed by atoms with Crippen LogP contribution in [-0.2, 0) is 16.8 Å². The number of benzene rings is 2. The van der Waals surface area contributed by atoms with Gasteiger partial charge in [-0.3, -0.25) is 4.79 Å². The maximum absolute atomic E-state index is 12.9. The number of hydrogen-bond donors (Lipinski definition) is 1.